The van der Waals surface area contributed by atoms with Crippen molar-refractivity contribution in [1.82, 2.24) is 10.2 Å². The predicted molar refractivity (Wildman–Crippen MR) is 69.7 cm³/mol. The van der Waals surface area contributed by atoms with Gasteiger partial charge in [0, 0.05) is 6.04 Å². The molecule has 2 rings (SSSR count). The third kappa shape index (κ3) is 4.06. The average molecular weight is 224 g/mol. The smallest absolute Gasteiger partial charge is 0.00798 e. The molecule has 1 unspecified atom stereocenters. The van der Waals surface area contributed by atoms with E-state index in [1.807, 2.05) is 0 Å². The lowest BCUT2D eigenvalue weighted by molar-refractivity contribution is 0.313. The fourth-order valence-electron chi connectivity index (χ4n) is 3.17. The maximum atomic E-state index is 3.83. The van der Waals surface area contributed by atoms with Gasteiger partial charge < -0.3 is 10.2 Å². The van der Waals surface area contributed by atoms with Crippen molar-refractivity contribution in [3.63, 3.8) is 0 Å². The van der Waals surface area contributed by atoms with E-state index in [1.165, 1.54) is 71.0 Å². The van der Waals surface area contributed by atoms with Gasteiger partial charge in [-0.2, -0.15) is 0 Å². The number of likely N-dealkylation sites (tertiary alicyclic amines) is 1. The van der Waals surface area contributed by atoms with Crippen LogP contribution in [0.3, 0.4) is 0 Å². The zero-order chi connectivity index (χ0) is 11.2. The molecule has 0 aromatic rings. The van der Waals surface area contributed by atoms with Crippen molar-refractivity contribution in [3.8, 4) is 0 Å². The van der Waals surface area contributed by atoms with Gasteiger partial charge in [0.15, 0.2) is 0 Å². The van der Waals surface area contributed by atoms with E-state index in [4.69, 9.17) is 0 Å². The van der Waals surface area contributed by atoms with Crippen LogP contribution in [-0.4, -0.2) is 37.6 Å². The van der Waals surface area contributed by atoms with E-state index in [2.05, 4.69) is 17.3 Å². The molecular formula is C14H28N2. The van der Waals surface area contributed by atoms with E-state index in [1.54, 1.807) is 0 Å². The fourth-order valence-corrected chi connectivity index (χ4v) is 3.17. The van der Waals surface area contributed by atoms with Crippen LogP contribution in [0.2, 0.25) is 0 Å². The van der Waals surface area contributed by atoms with Crippen LogP contribution in [0.25, 0.3) is 0 Å². The summed E-state index contributed by atoms with van der Waals surface area (Å²) in [7, 11) is 2.25. The molecular weight excluding hydrogens is 196 g/mol. The van der Waals surface area contributed by atoms with E-state index in [9.17, 15) is 0 Å². The maximum absolute atomic E-state index is 3.83. The van der Waals surface area contributed by atoms with Gasteiger partial charge in [-0.25, -0.2) is 0 Å². The Morgan fingerprint density at radius 1 is 0.938 bits per heavy atom. The van der Waals surface area contributed by atoms with Crippen molar-refractivity contribution in [2.45, 2.75) is 57.4 Å². The third-order valence-electron chi connectivity index (χ3n) is 4.37. The Bertz CT molecular complexity index is 187. The number of rotatable bonds is 3. The molecule has 1 aliphatic carbocycles. The highest BCUT2D eigenvalue weighted by molar-refractivity contribution is 4.76. The van der Waals surface area contributed by atoms with Crippen LogP contribution in [0, 0.1) is 5.92 Å². The van der Waals surface area contributed by atoms with Gasteiger partial charge in [-0.3, -0.25) is 0 Å². The topological polar surface area (TPSA) is 15.3 Å². The molecule has 2 aliphatic rings. The molecule has 94 valence electrons. The van der Waals surface area contributed by atoms with E-state index in [0.717, 1.165) is 12.0 Å². The van der Waals surface area contributed by atoms with Gasteiger partial charge >= 0.3 is 0 Å². The predicted octanol–water partition coefficient (Wildman–Crippen LogP) is 2.64. The van der Waals surface area contributed by atoms with Crippen LogP contribution in [0.15, 0.2) is 0 Å². The second-order valence-corrected chi connectivity index (χ2v) is 5.84. The molecule has 1 heterocycles. The summed E-state index contributed by atoms with van der Waals surface area (Å²) in [5.74, 6) is 0.981. The monoisotopic (exact) mass is 224 g/mol. The summed E-state index contributed by atoms with van der Waals surface area (Å²) in [4.78, 5) is 2.47. The molecule has 1 atom stereocenters. The van der Waals surface area contributed by atoms with Gasteiger partial charge in [0.2, 0.25) is 0 Å². The van der Waals surface area contributed by atoms with E-state index >= 15 is 0 Å². The number of nitrogens with one attached hydrogen (secondary N) is 1. The maximum Gasteiger partial charge on any atom is 0.00798 e. The van der Waals surface area contributed by atoms with Gasteiger partial charge in [-0.1, -0.05) is 19.3 Å². The summed E-state index contributed by atoms with van der Waals surface area (Å²) < 4.78 is 0. The Morgan fingerprint density at radius 2 is 1.75 bits per heavy atom. The van der Waals surface area contributed by atoms with Gasteiger partial charge in [0.05, 0.1) is 0 Å². The number of hydrogen-bond donors (Lipinski definition) is 1. The second-order valence-electron chi connectivity index (χ2n) is 5.84. The molecule has 0 spiro atoms. The van der Waals surface area contributed by atoms with Crippen LogP contribution in [0.5, 0.6) is 0 Å². The van der Waals surface area contributed by atoms with E-state index < -0.39 is 0 Å². The van der Waals surface area contributed by atoms with Crippen molar-refractivity contribution in [3.05, 3.63) is 0 Å². The van der Waals surface area contributed by atoms with Crippen molar-refractivity contribution in [2.24, 2.45) is 5.92 Å². The van der Waals surface area contributed by atoms with Gasteiger partial charge in [-0.05, 0) is 64.7 Å². The normalized spacial score (nSPS) is 30.2. The molecule has 1 aliphatic heterocycles. The lowest BCUT2D eigenvalue weighted by Gasteiger charge is -2.25. The Hall–Kier alpha value is -0.0800. The largest absolute Gasteiger partial charge is 0.314 e. The first-order valence-electron chi connectivity index (χ1n) is 7.26. The van der Waals surface area contributed by atoms with Crippen LogP contribution < -0.4 is 5.32 Å². The van der Waals surface area contributed by atoms with Crippen molar-refractivity contribution >= 4 is 0 Å². The Labute approximate surface area is 101 Å². The summed E-state index contributed by atoms with van der Waals surface area (Å²) in [5.41, 5.74) is 0. The van der Waals surface area contributed by atoms with Gasteiger partial charge in [0.25, 0.3) is 0 Å². The molecule has 2 heteroatoms. The number of hydrogen-bond acceptors (Lipinski definition) is 2. The minimum absolute atomic E-state index is 0.798. The van der Waals surface area contributed by atoms with Crippen molar-refractivity contribution in [2.75, 3.05) is 26.7 Å². The zero-order valence-corrected chi connectivity index (χ0v) is 10.9. The summed E-state index contributed by atoms with van der Waals surface area (Å²) >= 11 is 0. The van der Waals surface area contributed by atoms with Crippen molar-refractivity contribution in [1.29, 1.82) is 0 Å². The lowest BCUT2D eigenvalue weighted by Crippen LogP contribution is -2.34. The molecule has 0 aromatic carbocycles. The Morgan fingerprint density at radius 3 is 2.56 bits per heavy atom. The SMILES string of the molecule is CN1CCCC(NCC2CCCCC2)CC1. The van der Waals surface area contributed by atoms with Crippen LogP contribution in [0.4, 0.5) is 0 Å². The molecule has 16 heavy (non-hydrogen) atoms. The quantitative estimate of drug-likeness (QED) is 0.793. The molecule has 0 aromatic heterocycles. The highest BCUT2D eigenvalue weighted by Gasteiger charge is 2.17. The molecule has 0 radical (unpaired) electrons. The highest BCUT2D eigenvalue weighted by atomic mass is 15.1. The third-order valence-corrected chi connectivity index (χ3v) is 4.37. The summed E-state index contributed by atoms with van der Waals surface area (Å²) in [6.07, 6.45) is 11.5. The molecule has 2 nitrogen and oxygen atoms in total. The van der Waals surface area contributed by atoms with E-state index in [0.29, 0.717) is 0 Å². The molecule has 1 saturated heterocycles. The fraction of sp³-hybridized carbons (Fsp3) is 1.00. The summed E-state index contributed by atoms with van der Waals surface area (Å²) in [6.45, 7) is 3.86. The molecule has 0 bridgehead atoms. The van der Waals surface area contributed by atoms with Crippen LogP contribution >= 0.6 is 0 Å². The van der Waals surface area contributed by atoms with Crippen molar-refractivity contribution < 1.29 is 0 Å². The van der Waals surface area contributed by atoms with Crippen LogP contribution in [-0.2, 0) is 0 Å². The van der Waals surface area contributed by atoms with Crippen LogP contribution in [0.1, 0.15) is 51.4 Å². The van der Waals surface area contributed by atoms with E-state index in [-0.39, 0.29) is 0 Å². The second kappa shape index (κ2) is 6.61. The Kier molecular flexibility index (Phi) is 5.11. The summed E-state index contributed by atoms with van der Waals surface area (Å²) in [6, 6.07) is 0.798. The minimum Gasteiger partial charge on any atom is -0.314 e. The van der Waals surface area contributed by atoms with Gasteiger partial charge in [-0.15, -0.1) is 0 Å². The number of nitrogens with zero attached hydrogens (tertiary/aromatic N) is 1. The minimum atomic E-state index is 0.798. The molecule has 2 fully saturated rings. The standard InChI is InChI=1S/C14H28N2/c1-16-10-5-8-14(9-11-16)15-12-13-6-3-2-4-7-13/h13-15H,2-12H2,1H3. The molecule has 1 N–H and O–H groups in total. The highest BCUT2D eigenvalue weighted by Crippen LogP contribution is 2.23. The first-order chi connectivity index (χ1) is 7.84. The zero-order valence-electron chi connectivity index (χ0n) is 10.9. The van der Waals surface area contributed by atoms with Gasteiger partial charge in [0.1, 0.15) is 0 Å². The average Bonchev–Trinajstić information content (AvgIpc) is 2.53. The molecule has 0 amide bonds. The lowest BCUT2D eigenvalue weighted by atomic mass is 9.89. The Balaban J connectivity index is 1.64. The first kappa shape index (κ1) is 12.4. The summed E-state index contributed by atoms with van der Waals surface area (Å²) in [5, 5.41) is 3.83. The first-order valence-corrected chi connectivity index (χ1v) is 7.26. The molecule has 1 saturated carbocycles.